The molecule has 2 aliphatic rings. The van der Waals surface area contributed by atoms with Gasteiger partial charge in [0.2, 0.25) is 11.8 Å². The average molecular weight is 358 g/mol. The molecule has 26 heavy (non-hydrogen) atoms. The second-order valence-corrected chi connectivity index (χ2v) is 6.94. The van der Waals surface area contributed by atoms with Crippen molar-refractivity contribution in [1.29, 1.82) is 0 Å². The van der Waals surface area contributed by atoms with Crippen molar-refractivity contribution < 1.29 is 18.8 Å². The number of methoxy groups -OCH3 is 2. The molecule has 8 nitrogen and oxygen atoms in total. The summed E-state index contributed by atoms with van der Waals surface area (Å²) in [4.78, 5) is 18.7. The molecule has 1 atom stereocenters. The Morgan fingerprint density at radius 1 is 1.23 bits per heavy atom. The van der Waals surface area contributed by atoms with Gasteiger partial charge < -0.3 is 24.6 Å². The number of ether oxygens (including phenoxy) is 2. The SMILES string of the molecule is COc1cc(OC)cc(N2CC(c3nc(C4(N)CCC4)no3)CC2=O)c1. The lowest BCUT2D eigenvalue weighted by Gasteiger charge is -2.34. The molecule has 1 saturated heterocycles. The number of aromatic nitrogens is 2. The third-order valence-electron chi connectivity index (χ3n) is 5.26. The molecule has 1 aromatic carbocycles. The molecular weight excluding hydrogens is 336 g/mol. The van der Waals surface area contributed by atoms with E-state index in [4.69, 9.17) is 19.7 Å². The number of nitrogens with zero attached hydrogens (tertiary/aromatic N) is 3. The zero-order chi connectivity index (χ0) is 18.3. The van der Waals surface area contributed by atoms with Crippen LogP contribution in [0.2, 0.25) is 0 Å². The van der Waals surface area contributed by atoms with Crippen molar-refractivity contribution in [3.05, 3.63) is 29.9 Å². The van der Waals surface area contributed by atoms with Crippen LogP contribution in [0.5, 0.6) is 11.5 Å². The molecule has 138 valence electrons. The van der Waals surface area contributed by atoms with Crippen LogP contribution in [0.4, 0.5) is 5.69 Å². The molecule has 1 unspecified atom stereocenters. The molecule has 2 fully saturated rings. The highest BCUT2D eigenvalue weighted by atomic mass is 16.5. The topological polar surface area (TPSA) is 104 Å². The minimum atomic E-state index is -0.468. The van der Waals surface area contributed by atoms with E-state index < -0.39 is 5.54 Å². The molecule has 1 saturated carbocycles. The van der Waals surface area contributed by atoms with Crippen molar-refractivity contribution in [2.24, 2.45) is 5.73 Å². The Labute approximate surface area is 151 Å². The maximum absolute atomic E-state index is 12.6. The number of carbonyl (C=O) groups is 1. The summed E-state index contributed by atoms with van der Waals surface area (Å²) >= 11 is 0. The van der Waals surface area contributed by atoms with Crippen LogP contribution in [0.15, 0.2) is 22.7 Å². The number of amides is 1. The summed E-state index contributed by atoms with van der Waals surface area (Å²) in [6.45, 7) is 0.467. The lowest BCUT2D eigenvalue weighted by Crippen LogP contribution is -2.44. The minimum Gasteiger partial charge on any atom is -0.497 e. The molecule has 2 heterocycles. The van der Waals surface area contributed by atoms with Gasteiger partial charge in [0.15, 0.2) is 5.82 Å². The Balaban J connectivity index is 1.56. The molecule has 1 aliphatic heterocycles. The van der Waals surface area contributed by atoms with Crippen LogP contribution in [0.25, 0.3) is 0 Å². The predicted octanol–water partition coefficient (Wildman–Crippen LogP) is 1.95. The van der Waals surface area contributed by atoms with Crippen molar-refractivity contribution in [3.8, 4) is 11.5 Å². The average Bonchev–Trinajstić information content (AvgIpc) is 3.26. The summed E-state index contributed by atoms with van der Waals surface area (Å²) in [6.07, 6.45) is 3.13. The highest BCUT2D eigenvalue weighted by molar-refractivity contribution is 5.96. The second-order valence-electron chi connectivity index (χ2n) is 6.94. The van der Waals surface area contributed by atoms with Gasteiger partial charge in [-0.2, -0.15) is 4.98 Å². The van der Waals surface area contributed by atoms with Crippen LogP contribution in [-0.4, -0.2) is 36.8 Å². The van der Waals surface area contributed by atoms with Crippen molar-refractivity contribution in [1.82, 2.24) is 10.1 Å². The highest BCUT2D eigenvalue weighted by Crippen LogP contribution is 2.39. The second kappa shape index (κ2) is 6.28. The summed E-state index contributed by atoms with van der Waals surface area (Å²) < 4.78 is 16.0. The van der Waals surface area contributed by atoms with Crippen LogP contribution < -0.4 is 20.1 Å². The van der Waals surface area contributed by atoms with Crippen LogP contribution in [-0.2, 0) is 10.3 Å². The summed E-state index contributed by atoms with van der Waals surface area (Å²) in [5.74, 6) is 2.13. The fourth-order valence-electron chi connectivity index (χ4n) is 3.46. The number of hydrogen-bond donors (Lipinski definition) is 1. The van der Waals surface area contributed by atoms with Gasteiger partial charge in [-0.3, -0.25) is 4.79 Å². The molecular formula is C18H22N4O4. The highest BCUT2D eigenvalue weighted by Gasteiger charge is 2.41. The van der Waals surface area contributed by atoms with Crippen molar-refractivity contribution in [2.45, 2.75) is 37.1 Å². The van der Waals surface area contributed by atoms with E-state index in [1.807, 2.05) is 12.1 Å². The summed E-state index contributed by atoms with van der Waals surface area (Å²) in [5, 5.41) is 4.05. The summed E-state index contributed by atoms with van der Waals surface area (Å²) in [6, 6.07) is 5.39. The van der Waals surface area contributed by atoms with E-state index in [-0.39, 0.29) is 11.8 Å². The van der Waals surface area contributed by atoms with Crippen LogP contribution >= 0.6 is 0 Å². The summed E-state index contributed by atoms with van der Waals surface area (Å²) in [5.41, 5.74) is 6.51. The van der Waals surface area contributed by atoms with E-state index in [1.54, 1.807) is 25.2 Å². The first-order valence-corrected chi connectivity index (χ1v) is 8.69. The van der Waals surface area contributed by atoms with Gasteiger partial charge in [0.1, 0.15) is 11.5 Å². The Bertz CT molecular complexity index is 808. The van der Waals surface area contributed by atoms with E-state index in [2.05, 4.69) is 10.1 Å². The van der Waals surface area contributed by atoms with Gasteiger partial charge >= 0.3 is 0 Å². The Morgan fingerprint density at radius 2 is 1.92 bits per heavy atom. The first-order valence-electron chi connectivity index (χ1n) is 8.69. The number of hydrogen-bond acceptors (Lipinski definition) is 7. The fourth-order valence-corrected chi connectivity index (χ4v) is 3.46. The van der Waals surface area contributed by atoms with Gasteiger partial charge in [0, 0.05) is 31.2 Å². The number of carbonyl (C=O) groups excluding carboxylic acids is 1. The third kappa shape index (κ3) is 2.80. The lowest BCUT2D eigenvalue weighted by atomic mass is 9.77. The van der Waals surface area contributed by atoms with E-state index in [0.29, 0.717) is 36.2 Å². The number of nitrogens with two attached hydrogens (primary N) is 1. The molecule has 2 aromatic rings. The van der Waals surface area contributed by atoms with Gasteiger partial charge in [-0.1, -0.05) is 5.16 Å². The van der Waals surface area contributed by atoms with Crippen LogP contribution in [0, 0.1) is 0 Å². The predicted molar refractivity (Wildman–Crippen MR) is 93.3 cm³/mol. The van der Waals surface area contributed by atoms with E-state index >= 15 is 0 Å². The standard InChI is InChI=1S/C18H22N4O4/c1-24-13-7-12(8-14(9-13)25-2)22-10-11(6-15(22)23)16-20-17(21-26-16)18(19)4-3-5-18/h7-9,11H,3-6,10,19H2,1-2H3. The normalized spacial score (nSPS) is 21.6. The fraction of sp³-hybridized carbons (Fsp3) is 0.500. The molecule has 1 aromatic heterocycles. The number of anilines is 1. The molecule has 4 rings (SSSR count). The van der Waals surface area contributed by atoms with Gasteiger partial charge in [0.05, 0.1) is 31.4 Å². The van der Waals surface area contributed by atoms with E-state index in [0.717, 1.165) is 24.9 Å². The quantitative estimate of drug-likeness (QED) is 0.871. The molecule has 8 heteroatoms. The first-order chi connectivity index (χ1) is 12.5. The maximum atomic E-state index is 12.6. The maximum Gasteiger partial charge on any atom is 0.232 e. The molecule has 1 amide bonds. The van der Waals surface area contributed by atoms with Crippen molar-refractivity contribution >= 4 is 11.6 Å². The Kier molecular flexibility index (Phi) is 4.07. The zero-order valence-electron chi connectivity index (χ0n) is 14.9. The van der Waals surface area contributed by atoms with E-state index in [1.165, 1.54) is 0 Å². The van der Waals surface area contributed by atoms with Gasteiger partial charge in [-0.15, -0.1) is 0 Å². The minimum absolute atomic E-state index is 0.00355. The Morgan fingerprint density at radius 3 is 2.50 bits per heavy atom. The third-order valence-corrected chi connectivity index (χ3v) is 5.26. The molecule has 0 radical (unpaired) electrons. The van der Waals surface area contributed by atoms with E-state index in [9.17, 15) is 4.79 Å². The lowest BCUT2D eigenvalue weighted by molar-refractivity contribution is -0.117. The molecule has 1 aliphatic carbocycles. The molecule has 0 spiro atoms. The van der Waals surface area contributed by atoms with Gasteiger partial charge in [0.25, 0.3) is 0 Å². The molecule has 0 bridgehead atoms. The van der Waals surface area contributed by atoms with Gasteiger partial charge in [-0.25, -0.2) is 0 Å². The van der Waals surface area contributed by atoms with Crippen LogP contribution in [0.3, 0.4) is 0 Å². The first kappa shape index (κ1) is 16.8. The number of benzene rings is 1. The summed E-state index contributed by atoms with van der Waals surface area (Å²) in [7, 11) is 3.16. The van der Waals surface area contributed by atoms with Crippen LogP contribution in [0.1, 0.15) is 43.3 Å². The van der Waals surface area contributed by atoms with Gasteiger partial charge in [-0.05, 0) is 19.3 Å². The molecule has 2 N–H and O–H groups in total. The smallest absolute Gasteiger partial charge is 0.232 e. The van der Waals surface area contributed by atoms with Crippen molar-refractivity contribution in [3.63, 3.8) is 0 Å². The number of rotatable bonds is 5. The zero-order valence-corrected chi connectivity index (χ0v) is 14.9. The van der Waals surface area contributed by atoms with Crippen molar-refractivity contribution in [2.75, 3.05) is 25.7 Å². The monoisotopic (exact) mass is 358 g/mol. The largest absolute Gasteiger partial charge is 0.497 e. The Hall–Kier alpha value is -2.61.